The average molecular weight is 140 g/mol. The maximum Gasteiger partial charge on any atom is -0.0386 e. The van der Waals surface area contributed by atoms with Gasteiger partial charge in [0.2, 0.25) is 0 Å². The van der Waals surface area contributed by atoms with Gasteiger partial charge in [0.15, 0.2) is 0 Å². The Morgan fingerprint density at radius 3 is 1.80 bits per heavy atom. The summed E-state index contributed by atoms with van der Waals surface area (Å²) in [7, 11) is 0. The van der Waals surface area contributed by atoms with Gasteiger partial charge in [0, 0.05) is 0 Å². The molecule has 0 spiro atoms. The zero-order valence-corrected chi connectivity index (χ0v) is 7.72. The van der Waals surface area contributed by atoms with Crippen molar-refractivity contribution < 1.29 is 0 Å². The Bertz CT molecular complexity index is 94.6. The van der Waals surface area contributed by atoms with Gasteiger partial charge in [-0.05, 0) is 36.5 Å². The van der Waals surface area contributed by atoms with E-state index in [2.05, 4.69) is 27.7 Å². The Morgan fingerprint density at radius 1 is 1.00 bits per heavy atom. The average Bonchev–Trinajstić information content (AvgIpc) is 2.65. The molecular weight excluding hydrogens is 120 g/mol. The second kappa shape index (κ2) is 2.94. The number of hydrogen-bond acceptors (Lipinski definition) is 0. The van der Waals surface area contributed by atoms with E-state index >= 15 is 0 Å². The lowest BCUT2D eigenvalue weighted by Gasteiger charge is -2.22. The van der Waals surface area contributed by atoms with E-state index in [-0.39, 0.29) is 0 Å². The summed E-state index contributed by atoms with van der Waals surface area (Å²) in [6.45, 7) is 9.49. The molecule has 0 amide bonds. The zero-order valence-electron chi connectivity index (χ0n) is 7.72. The molecule has 0 N–H and O–H groups in total. The van der Waals surface area contributed by atoms with Gasteiger partial charge in [0.25, 0.3) is 0 Å². The molecule has 1 saturated carbocycles. The van der Waals surface area contributed by atoms with Gasteiger partial charge in [-0.3, -0.25) is 0 Å². The predicted octanol–water partition coefficient (Wildman–Crippen LogP) is 3.32. The molecule has 0 aliphatic heterocycles. The van der Waals surface area contributed by atoms with Crippen LogP contribution in [0.2, 0.25) is 0 Å². The van der Waals surface area contributed by atoms with E-state index in [1.807, 2.05) is 0 Å². The third-order valence-electron chi connectivity index (χ3n) is 3.25. The molecule has 0 nitrogen and oxygen atoms in total. The van der Waals surface area contributed by atoms with Crippen molar-refractivity contribution in [3.05, 3.63) is 0 Å². The topological polar surface area (TPSA) is 0 Å². The molecule has 0 heterocycles. The SMILES string of the molecule is CC(C)C(C)C(C)C1CC1. The van der Waals surface area contributed by atoms with Crippen LogP contribution in [0.3, 0.4) is 0 Å². The molecule has 0 radical (unpaired) electrons. The minimum atomic E-state index is 0.871. The molecule has 1 rings (SSSR count). The maximum absolute atomic E-state index is 2.42. The van der Waals surface area contributed by atoms with Crippen molar-refractivity contribution in [2.24, 2.45) is 23.7 Å². The Kier molecular flexibility index (Phi) is 2.38. The van der Waals surface area contributed by atoms with E-state index in [0.717, 1.165) is 23.7 Å². The molecule has 0 aromatic rings. The Hall–Kier alpha value is 0. The minimum absolute atomic E-state index is 0.871. The van der Waals surface area contributed by atoms with Gasteiger partial charge < -0.3 is 0 Å². The van der Waals surface area contributed by atoms with Crippen molar-refractivity contribution in [2.75, 3.05) is 0 Å². The van der Waals surface area contributed by atoms with Gasteiger partial charge in [0.05, 0.1) is 0 Å². The predicted molar refractivity (Wildman–Crippen MR) is 45.9 cm³/mol. The third-order valence-corrected chi connectivity index (χ3v) is 3.25. The van der Waals surface area contributed by atoms with Crippen LogP contribution in [0.25, 0.3) is 0 Å². The molecule has 1 aliphatic carbocycles. The number of rotatable bonds is 3. The van der Waals surface area contributed by atoms with Crippen LogP contribution in [-0.2, 0) is 0 Å². The second-order valence-corrected chi connectivity index (χ2v) is 4.30. The van der Waals surface area contributed by atoms with E-state index < -0.39 is 0 Å². The first-order chi connectivity index (χ1) is 4.63. The first-order valence-electron chi connectivity index (χ1n) is 4.63. The van der Waals surface area contributed by atoms with Crippen molar-refractivity contribution in [3.8, 4) is 0 Å². The molecule has 1 aliphatic rings. The van der Waals surface area contributed by atoms with Crippen LogP contribution in [0, 0.1) is 23.7 Å². The van der Waals surface area contributed by atoms with Crippen molar-refractivity contribution in [1.29, 1.82) is 0 Å². The monoisotopic (exact) mass is 140 g/mol. The fraction of sp³-hybridized carbons (Fsp3) is 1.00. The van der Waals surface area contributed by atoms with Gasteiger partial charge in [-0.25, -0.2) is 0 Å². The summed E-state index contributed by atoms with van der Waals surface area (Å²) in [4.78, 5) is 0. The van der Waals surface area contributed by atoms with Gasteiger partial charge in [0.1, 0.15) is 0 Å². The summed E-state index contributed by atoms with van der Waals surface area (Å²) >= 11 is 0. The van der Waals surface area contributed by atoms with Gasteiger partial charge >= 0.3 is 0 Å². The molecule has 10 heavy (non-hydrogen) atoms. The van der Waals surface area contributed by atoms with Crippen molar-refractivity contribution in [2.45, 2.75) is 40.5 Å². The Labute approximate surface area is 65.0 Å². The second-order valence-electron chi connectivity index (χ2n) is 4.30. The van der Waals surface area contributed by atoms with Gasteiger partial charge in [-0.1, -0.05) is 27.7 Å². The van der Waals surface area contributed by atoms with Crippen LogP contribution in [0.1, 0.15) is 40.5 Å². The van der Waals surface area contributed by atoms with E-state index in [1.165, 1.54) is 12.8 Å². The lowest BCUT2D eigenvalue weighted by molar-refractivity contribution is 0.268. The smallest absolute Gasteiger partial charge is 0.0386 e. The molecule has 0 aromatic heterocycles. The first kappa shape index (κ1) is 8.10. The highest BCUT2D eigenvalue weighted by atomic mass is 14.4. The molecule has 0 aromatic carbocycles. The van der Waals surface area contributed by atoms with Crippen LogP contribution in [0.15, 0.2) is 0 Å². The van der Waals surface area contributed by atoms with Crippen LogP contribution in [0.4, 0.5) is 0 Å². The summed E-state index contributed by atoms with van der Waals surface area (Å²) in [6, 6.07) is 0. The first-order valence-corrected chi connectivity index (χ1v) is 4.63. The van der Waals surface area contributed by atoms with Crippen molar-refractivity contribution in [1.82, 2.24) is 0 Å². The molecule has 0 bridgehead atoms. The molecule has 0 saturated heterocycles. The normalized spacial score (nSPS) is 24.9. The fourth-order valence-electron chi connectivity index (χ4n) is 1.66. The van der Waals surface area contributed by atoms with E-state index in [9.17, 15) is 0 Å². The van der Waals surface area contributed by atoms with Crippen LogP contribution >= 0.6 is 0 Å². The summed E-state index contributed by atoms with van der Waals surface area (Å²) in [5.41, 5.74) is 0. The van der Waals surface area contributed by atoms with E-state index in [0.29, 0.717) is 0 Å². The summed E-state index contributed by atoms with van der Waals surface area (Å²) in [5, 5.41) is 0. The van der Waals surface area contributed by atoms with Crippen LogP contribution < -0.4 is 0 Å². The quantitative estimate of drug-likeness (QED) is 0.564. The Balaban J connectivity index is 2.30. The van der Waals surface area contributed by atoms with Crippen molar-refractivity contribution in [3.63, 3.8) is 0 Å². The number of hydrogen-bond donors (Lipinski definition) is 0. The van der Waals surface area contributed by atoms with Crippen molar-refractivity contribution >= 4 is 0 Å². The van der Waals surface area contributed by atoms with Gasteiger partial charge in [-0.15, -0.1) is 0 Å². The zero-order chi connectivity index (χ0) is 7.72. The highest BCUT2D eigenvalue weighted by molar-refractivity contribution is 4.82. The van der Waals surface area contributed by atoms with Crippen LogP contribution in [0.5, 0.6) is 0 Å². The highest BCUT2D eigenvalue weighted by Gasteiger charge is 2.32. The lowest BCUT2D eigenvalue weighted by atomic mass is 9.83. The molecular formula is C10H20. The summed E-state index contributed by atoms with van der Waals surface area (Å²) in [5.74, 6) is 3.85. The maximum atomic E-state index is 2.42. The summed E-state index contributed by atoms with van der Waals surface area (Å²) in [6.07, 6.45) is 3.00. The Morgan fingerprint density at radius 2 is 1.50 bits per heavy atom. The largest absolute Gasteiger partial charge is 0.0625 e. The van der Waals surface area contributed by atoms with Gasteiger partial charge in [-0.2, -0.15) is 0 Å². The lowest BCUT2D eigenvalue weighted by Crippen LogP contribution is -2.15. The standard InChI is InChI=1S/C10H20/c1-7(2)8(3)9(4)10-5-6-10/h7-10H,5-6H2,1-4H3. The molecule has 1 fully saturated rings. The van der Waals surface area contributed by atoms with Crippen LogP contribution in [-0.4, -0.2) is 0 Å². The van der Waals surface area contributed by atoms with E-state index in [1.54, 1.807) is 0 Å². The third kappa shape index (κ3) is 1.74. The molecule has 2 unspecified atom stereocenters. The van der Waals surface area contributed by atoms with E-state index in [4.69, 9.17) is 0 Å². The molecule has 0 heteroatoms. The highest BCUT2D eigenvalue weighted by Crippen LogP contribution is 2.41. The molecule has 60 valence electrons. The summed E-state index contributed by atoms with van der Waals surface area (Å²) < 4.78 is 0. The molecule has 2 atom stereocenters. The fourth-order valence-corrected chi connectivity index (χ4v) is 1.66. The minimum Gasteiger partial charge on any atom is -0.0625 e.